The Morgan fingerprint density at radius 2 is 1.62 bits per heavy atom. The van der Waals surface area contributed by atoms with Gasteiger partial charge in [-0.05, 0) is 29.8 Å². The van der Waals surface area contributed by atoms with E-state index in [1.54, 1.807) is 24.3 Å². The molecule has 0 atom stereocenters. The van der Waals surface area contributed by atoms with Gasteiger partial charge in [0.2, 0.25) is 0 Å². The molecule has 0 saturated heterocycles. The summed E-state index contributed by atoms with van der Waals surface area (Å²) in [7, 11) is 0.350. The van der Waals surface area contributed by atoms with E-state index in [9.17, 15) is 8.42 Å². The van der Waals surface area contributed by atoms with E-state index in [1.807, 2.05) is 30.3 Å². The van der Waals surface area contributed by atoms with E-state index in [1.165, 1.54) is 39.7 Å². The highest BCUT2D eigenvalue weighted by atomic mass is 32.2. The third kappa shape index (κ3) is 5.50. The van der Waals surface area contributed by atoms with Crippen molar-refractivity contribution in [3.8, 4) is 23.0 Å². The highest BCUT2D eigenvalue weighted by molar-refractivity contribution is 7.89. The van der Waals surface area contributed by atoms with Gasteiger partial charge in [0.1, 0.15) is 23.0 Å². The monoisotopic (exact) mass is 456 g/mol. The van der Waals surface area contributed by atoms with E-state index >= 15 is 0 Å². The van der Waals surface area contributed by atoms with Crippen LogP contribution in [0.4, 0.5) is 0 Å². The van der Waals surface area contributed by atoms with E-state index in [4.69, 9.17) is 18.9 Å². The maximum Gasteiger partial charge on any atom is 0.280 e. The number of benzene rings is 3. The minimum absolute atomic E-state index is 0.0947. The van der Waals surface area contributed by atoms with Gasteiger partial charge in [0, 0.05) is 11.6 Å². The first-order valence-electron chi connectivity index (χ1n) is 9.59. The van der Waals surface area contributed by atoms with Gasteiger partial charge in [-0.1, -0.05) is 36.4 Å². The molecule has 0 aliphatic rings. The first kappa shape index (κ1) is 23.0. The largest absolute Gasteiger partial charge is 0.497 e. The second-order valence-corrected chi connectivity index (χ2v) is 8.15. The number of hydrazone groups is 1. The van der Waals surface area contributed by atoms with Gasteiger partial charge < -0.3 is 18.9 Å². The van der Waals surface area contributed by atoms with E-state index in [0.717, 1.165) is 5.56 Å². The van der Waals surface area contributed by atoms with Crippen LogP contribution in [0.5, 0.6) is 23.0 Å². The number of hydrogen-bond acceptors (Lipinski definition) is 7. The molecule has 9 heteroatoms. The Morgan fingerprint density at radius 3 is 2.31 bits per heavy atom. The summed E-state index contributed by atoms with van der Waals surface area (Å²) in [6, 6.07) is 19.4. The van der Waals surface area contributed by atoms with Crippen molar-refractivity contribution in [3.05, 3.63) is 77.9 Å². The molecule has 0 aromatic heterocycles. The molecule has 3 rings (SSSR count). The summed E-state index contributed by atoms with van der Waals surface area (Å²) < 4.78 is 47.2. The molecular weight excluding hydrogens is 432 g/mol. The SMILES string of the molecule is COc1ccc(OC)c(S(=O)(=O)N/N=C/c2cccc(OC)c2OCc2ccccc2)c1. The zero-order chi connectivity index (χ0) is 23.0. The molecule has 0 unspecified atom stereocenters. The number of rotatable bonds is 10. The third-order valence-electron chi connectivity index (χ3n) is 4.49. The molecule has 3 aromatic carbocycles. The minimum Gasteiger partial charge on any atom is -0.497 e. The molecule has 0 amide bonds. The van der Waals surface area contributed by atoms with E-state index in [-0.39, 0.29) is 10.6 Å². The standard InChI is InChI=1S/C23H24N2O6S/c1-28-19-12-13-20(29-2)22(14-19)32(26,27)25-24-15-18-10-7-11-21(30-3)23(18)31-16-17-8-5-4-6-9-17/h4-15,25H,16H2,1-3H3/b24-15+. The molecule has 0 aliphatic carbocycles. The molecule has 8 nitrogen and oxygen atoms in total. The van der Waals surface area contributed by atoms with Crippen LogP contribution in [0.15, 0.2) is 76.7 Å². The molecule has 1 N–H and O–H groups in total. The first-order chi connectivity index (χ1) is 15.5. The smallest absolute Gasteiger partial charge is 0.280 e. The van der Waals surface area contributed by atoms with Crippen LogP contribution in [0, 0.1) is 0 Å². The van der Waals surface area contributed by atoms with Gasteiger partial charge in [-0.3, -0.25) is 0 Å². The highest BCUT2D eigenvalue weighted by Crippen LogP contribution is 2.31. The van der Waals surface area contributed by atoms with E-state index in [2.05, 4.69) is 9.93 Å². The number of sulfonamides is 1. The van der Waals surface area contributed by atoms with Gasteiger partial charge in [0.15, 0.2) is 11.5 Å². The van der Waals surface area contributed by atoms with Crippen molar-refractivity contribution < 1.29 is 27.4 Å². The second-order valence-electron chi connectivity index (χ2n) is 6.52. The van der Waals surface area contributed by atoms with E-state index in [0.29, 0.717) is 29.4 Å². The Balaban J connectivity index is 1.83. The number of nitrogens with one attached hydrogen (secondary N) is 1. The lowest BCUT2D eigenvalue weighted by molar-refractivity contribution is 0.284. The fourth-order valence-electron chi connectivity index (χ4n) is 2.89. The molecule has 168 valence electrons. The van der Waals surface area contributed by atoms with Crippen LogP contribution in [0.1, 0.15) is 11.1 Å². The predicted octanol–water partition coefficient (Wildman–Crippen LogP) is 3.60. The zero-order valence-corrected chi connectivity index (χ0v) is 18.8. The summed E-state index contributed by atoms with van der Waals surface area (Å²) in [6.45, 7) is 0.314. The minimum atomic E-state index is -4.01. The van der Waals surface area contributed by atoms with Crippen molar-refractivity contribution >= 4 is 16.2 Å². The molecule has 0 radical (unpaired) electrons. The summed E-state index contributed by atoms with van der Waals surface area (Å²) in [6.07, 6.45) is 1.35. The van der Waals surface area contributed by atoms with Crippen molar-refractivity contribution in [3.63, 3.8) is 0 Å². The fourth-order valence-corrected chi connectivity index (χ4v) is 3.87. The summed E-state index contributed by atoms with van der Waals surface area (Å²) in [5.41, 5.74) is 1.52. The van der Waals surface area contributed by atoms with Crippen LogP contribution in [0.3, 0.4) is 0 Å². The normalized spacial score (nSPS) is 11.2. The van der Waals surface area contributed by atoms with Gasteiger partial charge in [0.05, 0.1) is 27.5 Å². The molecule has 0 saturated carbocycles. The van der Waals surface area contributed by atoms with Crippen LogP contribution >= 0.6 is 0 Å². The lowest BCUT2D eigenvalue weighted by Crippen LogP contribution is -2.19. The Labute approximate surface area is 187 Å². The molecule has 0 bridgehead atoms. The molecule has 0 heterocycles. The maximum atomic E-state index is 12.8. The van der Waals surface area contributed by atoms with Gasteiger partial charge in [-0.15, -0.1) is 0 Å². The molecule has 0 fully saturated rings. The van der Waals surface area contributed by atoms with Crippen molar-refractivity contribution in [2.75, 3.05) is 21.3 Å². The number of nitrogens with zero attached hydrogens (tertiary/aromatic N) is 1. The number of para-hydroxylation sites is 1. The van der Waals surface area contributed by atoms with Crippen molar-refractivity contribution in [2.45, 2.75) is 11.5 Å². The topological polar surface area (TPSA) is 95.5 Å². The zero-order valence-electron chi connectivity index (χ0n) is 17.9. The van der Waals surface area contributed by atoms with Crippen LogP contribution in [-0.2, 0) is 16.6 Å². The Bertz CT molecular complexity index is 1180. The quantitative estimate of drug-likeness (QED) is 0.370. The van der Waals surface area contributed by atoms with E-state index < -0.39 is 10.0 Å². The van der Waals surface area contributed by atoms with Gasteiger partial charge in [-0.2, -0.15) is 18.4 Å². The molecular formula is C23H24N2O6S. The van der Waals surface area contributed by atoms with Crippen molar-refractivity contribution in [2.24, 2.45) is 5.10 Å². The fraction of sp³-hybridized carbons (Fsp3) is 0.174. The van der Waals surface area contributed by atoms with Gasteiger partial charge >= 0.3 is 0 Å². The maximum absolute atomic E-state index is 12.8. The summed E-state index contributed by atoms with van der Waals surface area (Å²) >= 11 is 0. The van der Waals surface area contributed by atoms with Crippen LogP contribution in [-0.4, -0.2) is 36.0 Å². The molecule has 32 heavy (non-hydrogen) atoms. The van der Waals surface area contributed by atoms with Crippen LogP contribution in [0.25, 0.3) is 0 Å². The Kier molecular flexibility index (Phi) is 7.56. The summed E-state index contributed by atoms with van der Waals surface area (Å²) in [4.78, 5) is 2.10. The first-order valence-corrected chi connectivity index (χ1v) is 11.1. The number of ether oxygens (including phenoxy) is 4. The Hall–Kier alpha value is -3.72. The highest BCUT2D eigenvalue weighted by Gasteiger charge is 2.20. The van der Waals surface area contributed by atoms with Crippen molar-refractivity contribution in [1.82, 2.24) is 4.83 Å². The second kappa shape index (κ2) is 10.5. The number of methoxy groups -OCH3 is 3. The predicted molar refractivity (Wildman–Crippen MR) is 121 cm³/mol. The third-order valence-corrected chi connectivity index (χ3v) is 5.74. The lowest BCUT2D eigenvalue weighted by atomic mass is 10.2. The average molecular weight is 457 g/mol. The Morgan fingerprint density at radius 1 is 0.875 bits per heavy atom. The van der Waals surface area contributed by atoms with Gasteiger partial charge in [-0.25, -0.2) is 0 Å². The van der Waals surface area contributed by atoms with Crippen LogP contribution in [0.2, 0.25) is 0 Å². The molecule has 0 spiro atoms. The molecule has 0 aliphatic heterocycles. The molecule has 3 aromatic rings. The lowest BCUT2D eigenvalue weighted by Gasteiger charge is -2.13. The van der Waals surface area contributed by atoms with Gasteiger partial charge in [0.25, 0.3) is 10.0 Å². The summed E-state index contributed by atoms with van der Waals surface area (Å²) in [5.74, 6) is 1.49. The summed E-state index contributed by atoms with van der Waals surface area (Å²) in [5, 5.41) is 3.92. The van der Waals surface area contributed by atoms with Crippen molar-refractivity contribution in [1.29, 1.82) is 0 Å². The average Bonchev–Trinajstić information content (AvgIpc) is 2.83. The number of hydrogen-bond donors (Lipinski definition) is 1. The van der Waals surface area contributed by atoms with Crippen LogP contribution < -0.4 is 23.8 Å².